The number of halogens is 1. The molecule has 7 heteroatoms. The van der Waals surface area contributed by atoms with Gasteiger partial charge in [0.05, 0.1) is 11.9 Å². The van der Waals surface area contributed by atoms with Crippen molar-refractivity contribution in [3.8, 4) is 11.3 Å². The van der Waals surface area contributed by atoms with Gasteiger partial charge in [0.15, 0.2) is 11.5 Å². The van der Waals surface area contributed by atoms with Gasteiger partial charge in [-0.2, -0.15) is 0 Å². The minimum absolute atomic E-state index is 0.280. The largest absolute Gasteiger partial charge is 0.363 e. The first-order valence-corrected chi connectivity index (χ1v) is 9.88. The highest BCUT2D eigenvalue weighted by Crippen LogP contribution is 2.27. The number of pyridine rings is 1. The van der Waals surface area contributed by atoms with Gasteiger partial charge in [0, 0.05) is 53.5 Å². The Bertz CT molecular complexity index is 1350. The Labute approximate surface area is 172 Å². The van der Waals surface area contributed by atoms with Crippen LogP contribution in [0.25, 0.3) is 27.8 Å². The predicted molar refractivity (Wildman–Crippen MR) is 116 cm³/mol. The lowest BCUT2D eigenvalue weighted by molar-refractivity contribution is 0.622. The zero-order valence-electron chi connectivity index (χ0n) is 16.7. The van der Waals surface area contributed by atoms with Gasteiger partial charge in [-0.25, -0.2) is 14.4 Å². The molecule has 0 aliphatic heterocycles. The molecule has 0 aliphatic carbocycles. The summed E-state index contributed by atoms with van der Waals surface area (Å²) in [5.74, 6) is 0.538. The first-order chi connectivity index (χ1) is 14.6. The van der Waals surface area contributed by atoms with E-state index in [4.69, 9.17) is 4.98 Å². The minimum atomic E-state index is -0.391. The predicted octanol–water partition coefficient (Wildman–Crippen LogP) is 5.15. The molecule has 0 unspecified atom stereocenters. The molecule has 2 N–H and O–H groups in total. The molecule has 4 heterocycles. The summed E-state index contributed by atoms with van der Waals surface area (Å²) in [6, 6.07) is 9.68. The molecule has 150 valence electrons. The van der Waals surface area contributed by atoms with Crippen LogP contribution in [-0.2, 0) is 6.54 Å². The number of benzene rings is 1. The zero-order chi connectivity index (χ0) is 20.7. The third kappa shape index (κ3) is 3.18. The highest BCUT2D eigenvalue weighted by atomic mass is 19.1. The van der Waals surface area contributed by atoms with Gasteiger partial charge in [-0.15, -0.1) is 0 Å². The molecule has 0 spiro atoms. The van der Waals surface area contributed by atoms with E-state index in [1.54, 1.807) is 6.20 Å². The van der Waals surface area contributed by atoms with Crippen molar-refractivity contribution in [1.29, 1.82) is 0 Å². The lowest BCUT2D eigenvalue weighted by Gasteiger charge is -2.12. The standard InChI is InChI=1S/C23H21FN6/c1-14(2)21-12-28-23-22(27-10-15-4-3-5-19-18(15)6-7-26-19)29-20(13-30(21)23)16-8-17(24)11-25-9-16/h3-9,11-14,26H,10H2,1-2H3,(H,27,29). The number of hydrogen-bond donors (Lipinski definition) is 2. The van der Waals surface area contributed by atoms with E-state index in [9.17, 15) is 4.39 Å². The van der Waals surface area contributed by atoms with Crippen molar-refractivity contribution in [3.63, 3.8) is 0 Å². The van der Waals surface area contributed by atoms with E-state index in [0.29, 0.717) is 23.6 Å². The van der Waals surface area contributed by atoms with Crippen LogP contribution in [-0.4, -0.2) is 24.3 Å². The molecule has 0 saturated heterocycles. The van der Waals surface area contributed by atoms with Crippen LogP contribution in [0.3, 0.4) is 0 Å². The molecule has 0 radical (unpaired) electrons. The van der Waals surface area contributed by atoms with Crippen LogP contribution >= 0.6 is 0 Å². The fraction of sp³-hybridized carbons (Fsp3) is 0.174. The summed E-state index contributed by atoms with van der Waals surface area (Å²) < 4.78 is 15.8. The molecule has 0 fully saturated rings. The monoisotopic (exact) mass is 400 g/mol. The summed E-state index contributed by atoms with van der Waals surface area (Å²) in [4.78, 5) is 16.6. The van der Waals surface area contributed by atoms with Crippen molar-refractivity contribution in [2.45, 2.75) is 26.3 Å². The van der Waals surface area contributed by atoms with Gasteiger partial charge < -0.3 is 10.3 Å². The average molecular weight is 400 g/mol. The molecule has 6 nitrogen and oxygen atoms in total. The quantitative estimate of drug-likeness (QED) is 0.428. The molecule has 0 amide bonds. The van der Waals surface area contributed by atoms with Gasteiger partial charge in [-0.05, 0) is 29.7 Å². The Balaban J connectivity index is 1.60. The van der Waals surface area contributed by atoms with Crippen molar-refractivity contribution in [2.24, 2.45) is 0 Å². The number of imidazole rings is 1. The minimum Gasteiger partial charge on any atom is -0.363 e. The zero-order valence-corrected chi connectivity index (χ0v) is 16.7. The molecule has 1 aromatic carbocycles. The molecule has 0 aliphatic rings. The topological polar surface area (TPSA) is 70.9 Å². The molecular weight excluding hydrogens is 379 g/mol. The maximum absolute atomic E-state index is 13.8. The second-order valence-corrected chi connectivity index (χ2v) is 7.61. The van der Waals surface area contributed by atoms with Gasteiger partial charge in [0.25, 0.3) is 0 Å². The van der Waals surface area contributed by atoms with Gasteiger partial charge in [0.1, 0.15) is 5.82 Å². The van der Waals surface area contributed by atoms with Crippen molar-refractivity contribution in [1.82, 2.24) is 24.3 Å². The number of aromatic nitrogens is 5. The van der Waals surface area contributed by atoms with Crippen molar-refractivity contribution in [3.05, 3.63) is 78.4 Å². The summed E-state index contributed by atoms with van der Waals surface area (Å²) in [5, 5.41) is 4.60. The van der Waals surface area contributed by atoms with Gasteiger partial charge in [-0.1, -0.05) is 26.0 Å². The fourth-order valence-corrected chi connectivity index (χ4v) is 3.73. The number of aromatic amines is 1. The van der Waals surface area contributed by atoms with Gasteiger partial charge >= 0.3 is 0 Å². The van der Waals surface area contributed by atoms with E-state index in [-0.39, 0.29) is 5.92 Å². The van der Waals surface area contributed by atoms with Gasteiger partial charge in [-0.3, -0.25) is 9.38 Å². The lowest BCUT2D eigenvalue weighted by atomic mass is 10.1. The van der Waals surface area contributed by atoms with Crippen LogP contribution < -0.4 is 5.32 Å². The molecule has 0 saturated carbocycles. The van der Waals surface area contributed by atoms with Crippen molar-refractivity contribution in [2.75, 3.05) is 5.32 Å². The fourth-order valence-electron chi connectivity index (χ4n) is 3.73. The molecule has 5 rings (SSSR count). The number of anilines is 1. The SMILES string of the molecule is CC(C)c1cnc2c(NCc3cccc4[nH]ccc34)nc(-c3cncc(F)c3)cn12. The van der Waals surface area contributed by atoms with Gasteiger partial charge in [0.2, 0.25) is 0 Å². The Morgan fingerprint density at radius 2 is 2.07 bits per heavy atom. The van der Waals surface area contributed by atoms with Crippen molar-refractivity contribution >= 4 is 22.4 Å². The molecule has 5 aromatic rings. The summed E-state index contributed by atoms with van der Waals surface area (Å²) in [5.41, 5.74) is 5.31. The van der Waals surface area contributed by atoms with E-state index in [2.05, 4.69) is 52.3 Å². The molecule has 30 heavy (non-hydrogen) atoms. The Morgan fingerprint density at radius 3 is 2.90 bits per heavy atom. The number of nitrogens with zero attached hydrogens (tertiary/aromatic N) is 4. The highest BCUT2D eigenvalue weighted by Gasteiger charge is 2.15. The second-order valence-electron chi connectivity index (χ2n) is 7.61. The van der Waals surface area contributed by atoms with Crippen LogP contribution in [0.15, 0.2) is 61.3 Å². The first-order valence-electron chi connectivity index (χ1n) is 9.88. The van der Waals surface area contributed by atoms with E-state index >= 15 is 0 Å². The van der Waals surface area contributed by atoms with Crippen LogP contribution in [0.2, 0.25) is 0 Å². The number of hydrogen-bond acceptors (Lipinski definition) is 4. The van der Waals surface area contributed by atoms with Crippen molar-refractivity contribution < 1.29 is 4.39 Å². The number of fused-ring (bicyclic) bond motifs is 2. The molecule has 0 atom stereocenters. The normalized spacial score (nSPS) is 11.6. The maximum atomic E-state index is 13.8. The summed E-state index contributed by atoms with van der Waals surface area (Å²) in [7, 11) is 0. The Hall–Kier alpha value is -3.74. The number of H-pyrrole nitrogens is 1. The summed E-state index contributed by atoms with van der Waals surface area (Å²) in [6.45, 7) is 4.83. The highest BCUT2D eigenvalue weighted by molar-refractivity contribution is 5.83. The van der Waals surface area contributed by atoms with Crippen LogP contribution in [0.4, 0.5) is 10.2 Å². The van der Waals surface area contributed by atoms with E-state index in [1.807, 2.05) is 29.1 Å². The molecule has 4 aromatic heterocycles. The van der Waals surface area contributed by atoms with E-state index in [0.717, 1.165) is 27.8 Å². The number of rotatable bonds is 5. The first kappa shape index (κ1) is 18.3. The van der Waals surface area contributed by atoms with Crippen LogP contribution in [0.5, 0.6) is 0 Å². The van der Waals surface area contributed by atoms with E-state index < -0.39 is 5.82 Å². The Kier molecular flexibility index (Phi) is 4.43. The third-order valence-electron chi connectivity index (χ3n) is 5.24. The van der Waals surface area contributed by atoms with E-state index in [1.165, 1.54) is 12.3 Å². The number of nitrogens with one attached hydrogen (secondary N) is 2. The van der Waals surface area contributed by atoms with Crippen LogP contribution in [0, 0.1) is 5.82 Å². The summed E-state index contributed by atoms with van der Waals surface area (Å²) in [6.07, 6.45) is 8.51. The smallest absolute Gasteiger partial charge is 0.180 e. The average Bonchev–Trinajstić information content (AvgIpc) is 3.39. The maximum Gasteiger partial charge on any atom is 0.180 e. The lowest BCUT2D eigenvalue weighted by Crippen LogP contribution is -2.06. The Morgan fingerprint density at radius 1 is 1.17 bits per heavy atom. The van der Waals surface area contributed by atoms with Crippen LogP contribution in [0.1, 0.15) is 31.0 Å². The molecule has 0 bridgehead atoms. The summed E-state index contributed by atoms with van der Waals surface area (Å²) >= 11 is 0. The third-order valence-corrected chi connectivity index (χ3v) is 5.24. The second kappa shape index (κ2) is 7.26. The molecular formula is C23H21FN6.